The Morgan fingerprint density at radius 1 is 1.12 bits per heavy atom. The normalized spacial score (nSPS) is 18.9. The SMILES string of the molecule is C#CCC1([C@H](NC(=O)OCC2c3ccccc3-c3ccccc32)C(=O)O)CC[N+](C)(C)CC1. The Hall–Kier alpha value is -3.30. The number of carbonyl (C=O) groups excluding carboxylic acids is 1. The number of quaternary nitrogens is 1. The molecule has 4 rings (SSSR count). The van der Waals surface area contributed by atoms with Crippen molar-refractivity contribution in [1.82, 2.24) is 5.32 Å². The monoisotopic (exact) mass is 447 g/mol. The second-order valence-electron chi connectivity index (χ2n) is 9.87. The van der Waals surface area contributed by atoms with Crippen molar-refractivity contribution in [2.45, 2.75) is 31.2 Å². The van der Waals surface area contributed by atoms with Gasteiger partial charge in [-0.15, -0.1) is 12.3 Å². The highest BCUT2D eigenvalue weighted by Gasteiger charge is 2.48. The standard InChI is InChI=1S/C27H30N2O4/c1-4-13-27(14-16-29(2,3)17-15-27)24(25(30)31)28-26(32)33-18-23-21-11-7-5-9-19(21)20-10-6-8-12-22(20)23/h1,5-12,23-24H,13-18H2,2-3H3,(H-,28,30,31,32)/p+1/t24-/m1/s1. The van der Waals surface area contributed by atoms with Crippen LogP contribution >= 0.6 is 0 Å². The van der Waals surface area contributed by atoms with Gasteiger partial charge in [0, 0.05) is 30.6 Å². The van der Waals surface area contributed by atoms with Crippen molar-refractivity contribution in [3.63, 3.8) is 0 Å². The molecule has 6 nitrogen and oxygen atoms in total. The van der Waals surface area contributed by atoms with Crippen molar-refractivity contribution in [3.8, 4) is 23.5 Å². The number of nitrogens with one attached hydrogen (secondary N) is 1. The number of likely N-dealkylation sites (tertiary alicyclic amines) is 1. The van der Waals surface area contributed by atoms with Crippen molar-refractivity contribution in [2.75, 3.05) is 33.8 Å². The van der Waals surface area contributed by atoms with E-state index in [1.54, 1.807) is 0 Å². The topological polar surface area (TPSA) is 75.6 Å². The highest BCUT2D eigenvalue weighted by Crippen LogP contribution is 2.44. The first-order valence-corrected chi connectivity index (χ1v) is 11.4. The zero-order valence-corrected chi connectivity index (χ0v) is 19.2. The van der Waals surface area contributed by atoms with Crippen molar-refractivity contribution >= 4 is 12.1 Å². The Balaban J connectivity index is 1.48. The summed E-state index contributed by atoms with van der Waals surface area (Å²) in [4.78, 5) is 25.0. The summed E-state index contributed by atoms with van der Waals surface area (Å²) in [6.45, 7) is 1.74. The van der Waals surface area contributed by atoms with E-state index in [0.717, 1.165) is 39.8 Å². The molecular formula is C27H31N2O4+. The third-order valence-corrected chi connectivity index (χ3v) is 7.35. The largest absolute Gasteiger partial charge is 0.480 e. The summed E-state index contributed by atoms with van der Waals surface area (Å²) in [5.74, 6) is 1.49. The number of carbonyl (C=O) groups is 2. The number of carboxylic acid groups (broad SMARTS) is 1. The average molecular weight is 448 g/mol. The fourth-order valence-electron chi connectivity index (χ4n) is 5.29. The molecule has 0 unspecified atom stereocenters. The Bertz CT molecular complexity index is 1050. The first-order valence-electron chi connectivity index (χ1n) is 11.4. The number of hydrogen-bond donors (Lipinski definition) is 2. The second-order valence-corrected chi connectivity index (χ2v) is 9.87. The smallest absolute Gasteiger partial charge is 0.407 e. The van der Waals surface area contributed by atoms with E-state index in [1.807, 2.05) is 36.4 Å². The van der Waals surface area contributed by atoms with Gasteiger partial charge in [-0.3, -0.25) is 0 Å². The van der Waals surface area contributed by atoms with Gasteiger partial charge in [-0.1, -0.05) is 48.5 Å². The molecule has 6 heteroatoms. The third-order valence-electron chi connectivity index (χ3n) is 7.35. The lowest BCUT2D eigenvalue weighted by Crippen LogP contribution is -2.59. The number of amides is 1. The minimum Gasteiger partial charge on any atom is -0.480 e. The summed E-state index contributed by atoms with van der Waals surface area (Å²) in [5.41, 5.74) is 3.82. The second kappa shape index (κ2) is 8.92. The van der Waals surface area contributed by atoms with Crippen molar-refractivity contribution in [1.29, 1.82) is 0 Å². The van der Waals surface area contributed by atoms with E-state index < -0.39 is 23.5 Å². The molecule has 2 aromatic carbocycles. The van der Waals surface area contributed by atoms with Gasteiger partial charge in [0.25, 0.3) is 0 Å². The molecule has 172 valence electrons. The molecule has 1 fully saturated rings. The number of hydrogen-bond acceptors (Lipinski definition) is 3. The molecule has 1 atom stereocenters. The van der Waals surface area contributed by atoms with E-state index >= 15 is 0 Å². The van der Waals surface area contributed by atoms with Gasteiger partial charge in [0.2, 0.25) is 0 Å². The molecule has 2 N–H and O–H groups in total. The van der Waals surface area contributed by atoms with Crippen LogP contribution in [0.15, 0.2) is 48.5 Å². The molecule has 1 aliphatic carbocycles. The van der Waals surface area contributed by atoms with Crippen LogP contribution in [0.1, 0.15) is 36.3 Å². The third kappa shape index (κ3) is 4.46. The molecule has 1 aliphatic heterocycles. The number of terminal acetylenes is 1. The van der Waals surface area contributed by atoms with E-state index in [-0.39, 0.29) is 12.5 Å². The number of piperidine rings is 1. The quantitative estimate of drug-likeness (QED) is 0.521. The number of fused-ring (bicyclic) bond motifs is 3. The van der Waals surface area contributed by atoms with Crippen LogP contribution < -0.4 is 5.32 Å². The van der Waals surface area contributed by atoms with Gasteiger partial charge < -0.3 is 19.6 Å². The van der Waals surface area contributed by atoms with Crippen LogP contribution in [0.5, 0.6) is 0 Å². The lowest BCUT2D eigenvalue weighted by Gasteiger charge is -2.46. The molecule has 0 aromatic heterocycles. The summed E-state index contributed by atoms with van der Waals surface area (Å²) in [6, 6.07) is 15.1. The summed E-state index contributed by atoms with van der Waals surface area (Å²) < 4.78 is 6.42. The summed E-state index contributed by atoms with van der Waals surface area (Å²) >= 11 is 0. The van der Waals surface area contributed by atoms with Crippen molar-refractivity contribution in [2.24, 2.45) is 5.41 Å². The lowest BCUT2D eigenvalue weighted by atomic mass is 9.69. The molecule has 2 aliphatic rings. The maximum atomic E-state index is 12.8. The first kappa shape index (κ1) is 22.9. The van der Waals surface area contributed by atoms with Crippen LogP contribution in [-0.2, 0) is 9.53 Å². The van der Waals surface area contributed by atoms with Gasteiger partial charge in [0.05, 0.1) is 27.2 Å². The molecule has 1 heterocycles. The van der Waals surface area contributed by atoms with Crippen LogP contribution in [0.4, 0.5) is 4.79 Å². The fourth-order valence-corrected chi connectivity index (χ4v) is 5.29. The number of carboxylic acids is 1. The van der Waals surface area contributed by atoms with Crippen LogP contribution in [0.2, 0.25) is 0 Å². The van der Waals surface area contributed by atoms with Crippen LogP contribution in [-0.4, -0.2) is 61.5 Å². The van der Waals surface area contributed by atoms with Gasteiger partial charge in [0.15, 0.2) is 0 Å². The Morgan fingerprint density at radius 3 is 2.18 bits per heavy atom. The predicted molar refractivity (Wildman–Crippen MR) is 127 cm³/mol. The zero-order valence-electron chi connectivity index (χ0n) is 19.2. The van der Waals surface area contributed by atoms with E-state index in [0.29, 0.717) is 19.3 Å². The summed E-state index contributed by atoms with van der Waals surface area (Å²) in [6.07, 6.45) is 6.46. The van der Waals surface area contributed by atoms with Gasteiger partial charge in [-0.2, -0.15) is 0 Å². The maximum absolute atomic E-state index is 12.8. The van der Waals surface area contributed by atoms with Crippen LogP contribution in [0.3, 0.4) is 0 Å². The molecule has 0 radical (unpaired) electrons. The van der Waals surface area contributed by atoms with Gasteiger partial charge in [0.1, 0.15) is 12.6 Å². The molecule has 0 spiro atoms. The summed E-state index contributed by atoms with van der Waals surface area (Å²) in [5, 5.41) is 12.6. The molecule has 33 heavy (non-hydrogen) atoms. The van der Waals surface area contributed by atoms with Gasteiger partial charge in [-0.25, -0.2) is 9.59 Å². The van der Waals surface area contributed by atoms with E-state index in [2.05, 4.69) is 37.5 Å². The van der Waals surface area contributed by atoms with Crippen molar-refractivity contribution < 1.29 is 23.9 Å². The number of aliphatic carboxylic acids is 1. The molecule has 1 amide bonds. The number of nitrogens with zero attached hydrogens (tertiary/aromatic N) is 1. The Morgan fingerprint density at radius 2 is 1.67 bits per heavy atom. The molecular weight excluding hydrogens is 416 g/mol. The minimum absolute atomic E-state index is 0.0844. The molecule has 2 aromatic rings. The fraction of sp³-hybridized carbons (Fsp3) is 0.407. The number of alkyl carbamates (subject to hydrolysis) is 1. The van der Waals surface area contributed by atoms with Gasteiger partial charge >= 0.3 is 12.1 Å². The van der Waals surface area contributed by atoms with Gasteiger partial charge in [-0.05, 0) is 22.3 Å². The minimum atomic E-state index is -1.09. The highest BCUT2D eigenvalue weighted by molar-refractivity contribution is 5.81. The molecule has 1 saturated heterocycles. The maximum Gasteiger partial charge on any atom is 0.407 e. The highest BCUT2D eigenvalue weighted by atomic mass is 16.5. The number of rotatable bonds is 6. The van der Waals surface area contributed by atoms with E-state index in [9.17, 15) is 14.7 Å². The molecule has 0 saturated carbocycles. The average Bonchev–Trinajstić information content (AvgIpc) is 3.11. The van der Waals surface area contributed by atoms with E-state index in [1.165, 1.54) is 0 Å². The Kier molecular flexibility index (Phi) is 6.18. The zero-order chi connectivity index (χ0) is 23.6. The number of benzene rings is 2. The number of ether oxygens (including phenoxy) is 1. The predicted octanol–water partition coefficient (Wildman–Crippen LogP) is 3.86. The lowest BCUT2D eigenvalue weighted by molar-refractivity contribution is -0.897. The van der Waals surface area contributed by atoms with E-state index in [4.69, 9.17) is 11.2 Å². The Labute approximate surface area is 195 Å². The van der Waals surface area contributed by atoms with Crippen LogP contribution in [0.25, 0.3) is 11.1 Å². The first-order chi connectivity index (χ1) is 15.8. The van der Waals surface area contributed by atoms with Crippen molar-refractivity contribution in [3.05, 3.63) is 59.7 Å². The van der Waals surface area contributed by atoms with Crippen LogP contribution in [0, 0.1) is 17.8 Å². The summed E-state index contributed by atoms with van der Waals surface area (Å²) in [7, 11) is 4.24. The molecule has 0 bridgehead atoms.